The molecule has 0 unspecified atom stereocenters. The number of carbonyl (C=O) groups is 1. The second kappa shape index (κ2) is 6.51. The van der Waals surface area contributed by atoms with E-state index < -0.39 is 0 Å². The van der Waals surface area contributed by atoms with Gasteiger partial charge in [0.2, 0.25) is 0 Å². The Morgan fingerprint density at radius 2 is 1.68 bits per heavy atom. The molecule has 0 bridgehead atoms. The summed E-state index contributed by atoms with van der Waals surface area (Å²) in [4.78, 5) is 12.6. The van der Waals surface area contributed by atoms with Gasteiger partial charge in [-0.1, -0.05) is 71.7 Å². The van der Waals surface area contributed by atoms with Crippen molar-refractivity contribution >= 4 is 35.1 Å². The number of carbonyl (C=O) groups excluding carboxylic acids is 1. The second-order valence-electron chi connectivity index (χ2n) is 6.05. The third-order valence-electron chi connectivity index (χ3n) is 4.48. The summed E-state index contributed by atoms with van der Waals surface area (Å²) in [6, 6.07) is 19.6. The lowest BCUT2D eigenvalue weighted by atomic mass is 10.0. The van der Waals surface area contributed by atoms with Crippen molar-refractivity contribution in [3.63, 3.8) is 0 Å². The van der Waals surface area contributed by atoms with Crippen LogP contribution in [0.5, 0.6) is 0 Å². The highest BCUT2D eigenvalue weighted by Crippen LogP contribution is 2.37. The Morgan fingerprint density at radius 1 is 0.880 bits per heavy atom. The van der Waals surface area contributed by atoms with E-state index in [0.717, 1.165) is 17.5 Å². The summed E-state index contributed by atoms with van der Waals surface area (Å²) in [5, 5.41) is 0.932. The van der Waals surface area contributed by atoms with Crippen LogP contribution in [0, 0.1) is 0 Å². The van der Waals surface area contributed by atoms with Crippen LogP contribution in [0.15, 0.2) is 66.7 Å². The van der Waals surface area contributed by atoms with E-state index in [1.54, 1.807) is 18.2 Å². The molecule has 4 rings (SSSR count). The molecule has 0 aromatic heterocycles. The molecule has 0 radical (unpaired) electrons. The molecule has 1 aliphatic carbocycles. The summed E-state index contributed by atoms with van der Waals surface area (Å²) in [5.41, 5.74) is 6.34. The van der Waals surface area contributed by atoms with Crippen LogP contribution in [0.1, 0.15) is 27.0 Å². The first-order chi connectivity index (χ1) is 12.1. The van der Waals surface area contributed by atoms with Crippen molar-refractivity contribution < 1.29 is 4.79 Å². The van der Waals surface area contributed by atoms with Crippen molar-refractivity contribution in [2.75, 3.05) is 0 Å². The van der Waals surface area contributed by atoms with Crippen LogP contribution < -0.4 is 0 Å². The number of hydrogen-bond donors (Lipinski definition) is 0. The van der Waals surface area contributed by atoms with Crippen LogP contribution in [-0.4, -0.2) is 5.78 Å². The van der Waals surface area contributed by atoms with Gasteiger partial charge < -0.3 is 0 Å². The zero-order chi connectivity index (χ0) is 17.4. The van der Waals surface area contributed by atoms with E-state index in [0.29, 0.717) is 15.6 Å². The Hall–Kier alpha value is -2.35. The first-order valence-corrected chi connectivity index (χ1v) is 8.77. The molecule has 0 aliphatic heterocycles. The van der Waals surface area contributed by atoms with E-state index in [-0.39, 0.29) is 5.78 Å². The molecule has 25 heavy (non-hydrogen) atoms. The lowest BCUT2D eigenvalue weighted by Gasteiger charge is -2.04. The Kier molecular flexibility index (Phi) is 4.20. The summed E-state index contributed by atoms with van der Waals surface area (Å²) >= 11 is 12.2. The smallest absolute Gasteiger partial charge is 0.185 e. The molecule has 0 heterocycles. The summed E-state index contributed by atoms with van der Waals surface area (Å²) in [7, 11) is 0. The zero-order valence-corrected chi connectivity index (χ0v) is 14.8. The fraction of sp³-hybridized carbons (Fsp3) is 0.0455. The molecule has 3 aromatic rings. The van der Waals surface area contributed by atoms with Crippen LogP contribution >= 0.6 is 23.2 Å². The molecule has 0 saturated carbocycles. The van der Waals surface area contributed by atoms with Gasteiger partial charge in [0.25, 0.3) is 0 Å². The maximum Gasteiger partial charge on any atom is 0.185 e. The Balaban J connectivity index is 1.64. The second-order valence-corrected chi connectivity index (χ2v) is 6.83. The molecule has 1 nitrogen and oxygen atoms in total. The number of halogens is 2. The number of benzene rings is 3. The van der Waals surface area contributed by atoms with Gasteiger partial charge >= 0.3 is 0 Å². The summed E-state index contributed by atoms with van der Waals surface area (Å²) < 4.78 is 0. The average Bonchev–Trinajstić information content (AvgIpc) is 3.00. The summed E-state index contributed by atoms with van der Waals surface area (Å²) in [6.45, 7) is 0. The molecule has 3 heteroatoms. The number of hydrogen-bond acceptors (Lipinski definition) is 1. The summed E-state index contributed by atoms with van der Waals surface area (Å²) in [5.74, 6) is -0.0526. The van der Waals surface area contributed by atoms with E-state index in [1.807, 2.05) is 42.5 Å². The van der Waals surface area contributed by atoms with Gasteiger partial charge in [-0.15, -0.1) is 0 Å². The molecule has 0 spiro atoms. The molecule has 1 aliphatic rings. The SMILES string of the molecule is O=C(/C=C/c1cccc(Cl)c1Cl)c1ccc2c(c1)-c1ccccc1C2. The average molecular weight is 365 g/mol. The third-order valence-corrected chi connectivity index (χ3v) is 5.31. The van der Waals surface area contributed by atoms with Gasteiger partial charge in [0.1, 0.15) is 0 Å². The molecule has 3 aromatic carbocycles. The standard InChI is InChI=1S/C22H14Cl2O/c23-20-7-3-5-14(22(20)24)10-11-21(25)17-9-8-16-12-15-4-1-2-6-18(15)19(16)13-17/h1-11,13H,12H2/b11-10+. The van der Waals surface area contributed by atoms with Gasteiger partial charge in [-0.25, -0.2) is 0 Å². The van der Waals surface area contributed by atoms with Crippen molar-refractivity contribution in [3.05, 3.63) is 99.0 Å². The molecule has 0 saturated heterocycles. The van der Waals surface area contributed by atoms with E-state index in [1.165, 1.54) is 16.7 Å². The van der Waals surface area contributed by atoms with Crippen LogP contribution in [0.2, 0.25) is 10.0 Å². The van der Waals surface area contributed by atoms with E-state index in [4.69, 9.17) is 23.2 Å². The first kappa shape index (κ1) is 16.1. The van der Waals surface area contributed by atoms with Crippen molar-refractivity contribution in [3.8, 4) is 11.1 Å². The van der Waals surface area contributed by atoms with Gasteiger partial charge in [-0.05, 0) is 58.5 Å². The van der Waals surface area contributed by atoms with Crippen molar-refractivity contribution in [2.24, 2.45) is 0 Å². The van der Waals surface area contributed by atoms with Gasteiger partial charge in [0, 0.05) is 5.56 Å². The molecule has 0 N–H and O–H groups in total. The Bertz CT molecular complexity index is 1020. The predicted octanol–water partition coefficient (Wildman–Crippen LogP) is 6.46. The largest absolute Gasteiger partial charge is 0.289 e. The fourth-order valence-electron chi connectivity index (χ4n) is 3.19. The van der Waals surface area contributed by atoms with Gasteiger partial charge in [0.05, 0.1) is 10.0 Å². The number of ketones is 1. The maximum atomic E-state index is 12.6. The van der Waals surface area contributed by atoms with Crippen molar-refractivity contribution in [2.45, 2.75) is 6.42 Å². The zero-order valence-electron chi connectivity index (χ0n) is 13.3. The van der Waals surface area contributed by atoms with E-state index in [2.05, 4.69) is 12.1 Å². The third kappa shape index (κ3) is 3.02. The number of rotatable bonds is 3. The van der Waals surface area contributed by atoms with Gasteiger partial charge in [-0.3, -0.25) is 4.79 Å². The van der Waals surface area contributed by atoms with Crippen molar-refractivity contribution in [1.29, 1.82) is 0 Å². The van der Waals surface area contributed by atoms with Crippen LogP contribution in [0.4, 0.5) is 0 Å². The van der Waals surface area contributed by atoms with E-state index >= 15 is 0 Å². The minimum absolute atomic E-state index is 0.0526. The number of allylic oxidation sites excluding steroid dienone is 1. The minimum atomic E-state index is -0.0526. The highest BCUT2D eigenvalue weighted by molar-refractivity contribution is 6.42. The van der Waals surface area contributed by atoms with Crippen LogP contribution in [0.3, 0.4) is 0 Å². The molecule has 0 amide bonds. The van der Waals surface area contributed by atoms with Crippen LogP contribution in [-0.2, 0) is 6.42 Å². The summed E-state index contributed by atoms with van der Waals surface area (Å²) in [6.07, 6.45) is 4.17. The lowest BCUT2D eigenvalue weighted by Crippen LogP contribution is -1.95. The van der Waals surface area contributed by atoms with Crippen molar-refractivity contribution in [1.82, 2.24) is 0 Å². The highest BCUT2D eigenvalue weighted by atomic mass is 35.5. The topological polar surface area (TPSA) is 17.1 Å². The Morgan fingerprint density at radius 3 is 2.56 bits per heavy atom. The van der Waals surface area contributed by atoms with Crippen LogP contribution in [0.25, 0.3) is 17.2 Å². The fourth-order valence-corrected chi connectivity index (χ4v) is 3.56. The maximum absolute atomic E-state index is 12.6. The van der Waals surface area contributed by atoms with E-state index in [9.17, 15) is 4.79 Å². The molecule has 0 atom stereocenters. The molecule has 122 valence electrons. The minimum Gasteiger partial charge on any atom is -0.289 e. The van der Waals surface area contributed by atoms with Gasteiger partial charge in [-0.2, -0.15) is 0 Å². The molecular formula is C22H14Cl2O. The quantitative estimate of drug-likeness (QED) is 0.301. The van der Waals surface area contributed by atoms with Gasteiger partial charge in [0.15, 0.2) is 5.78 Å². The monoisotopic (exact) mass is 364 g/mol. The normalized spacial score (nSPS) is 12.2. The number of fused-ring (bicyclic) bond motifs is 3. The predicted molar refractivity (Wildman–Crippen MR) is 105 cm³/mol. The Labute approximate surface area is 156 Å². The highest BCUT2D eigenvalue weighted by Gasteiger charge is 2.18. The lowest BCUT2D eigenvalue weighted by molar-refractivity contribution is 0.104. The molecule has 0 fully saturated rings. The molecular weight excluding hydrogens is 351 g/mol. The first-order valence-electron chi connectivity index (χ1n) is 8.01.